The van der Waals surface area contributed by atoms with Gasteiger partial charge >= 0.3 is 17.9 Å². The van der Waals surface area contributed by atoms with E-state index in [1.807, 2.05) is 0 Å². The van der Waals surface area contributed by atoms with Crippen LogP contribution in [0.1, 0.15) is 20.8 Å². The number of thiazole rings is 1. The van der Waals surface area contributed by atoms with Gasteiger partial charge in [-0.2, -0.15) is 0 Å². The van der Waals surface area contributed by atoms with E-state index in [1.165, 1.54) is 17.5 Å². The van der Waals surface area contributed by atoms with Gasteiger partial charge in [0.15, 0.2) is 17.0 Å². The van der Waals surface area contributed by atoms with Gasteiger partial charge in [0.25, 0.3) is 12.2 Å². The molecule has 1 aliphatic rings. The standard InChI is InChI=1S/C15H16N2O8S/c1-7(18)22-10-6-11(13(21)17-15-16-4-5-26-15)25-14(24-9(3)20)12(10)23-8(2)19/h4-6,10,12,14H,1-3H3,(H,16,17,21)/t10-,12+,14+/m0/s1. The fourth-order valence-electron chi connectivity index (χ4n) is 2.07. The fraction of sp³-hybridized carbons (Fsp3) is 0.400. The van der Waals surface area contributed by atoms with Gasteiger partial charge in [0, 0.05) is 38.4 Å². The molecule has 2 heterocycles. The maximum absolute atomic E-state index is 12.3. The maximum Gasteiger partial charge on any atom is 0.305 e. The van der Waals surface area contributed by atoms with E-state index >= 15 is 0 Å². The normalized spacial score (nSPS) is 21.7. The van der Waals surface area contributed by atoms with Gasteiger partial charge in [0.05, 0.1) is 0 Å². The lowest BCUT2D eigenvalue weighted by Crippen LogP contribution is -2.49. The quantitative estimate of drug-likeness (QED) is 0.577. The summed E-state index contributed by atoms with van der Waals surface area (Å²) >= 11 is 1.18. The molecule has 0 spiro atoms. The van der Waals surface area contributed by atoms with Crippen molar-refractivity contribution >= 4 is 40.3 Å². The lowest BCUT2D eigenvalue weighted by Gasteiger charge is -2.34. The van der Waals surface area contributed by atoms with Crippen LogP contribution >= 0.6 is 11.3 Å². The Morgan fingerprint density at radius 3 is 2.27 bits per heavy atom. The highest BCUT2D eigenvalue weighted by Crippen LogP contribution is 2.26. The van der Waals surface area contributed by atoms with Crippen LogP contribution in [0.15, 0.2) is 23.4 Å². The summed E-state index contributed by atoms with van der Waals surface area (Å²) in [7, 11) is 0. The zero-order chi connectivity index (χ0) is 19.3. The molecule has 11 heteroatoms. The molecule has 140 valence electrons. The van der Waals surface area contributed by atoms with Crippen LogP contribution in [-0.2, 0) is 38.1 Å². The number of nitrogens with zero attached hydrogens (tertiary/aromatic N) is 1. The summed E-state index contributed by atoms with van der Waals surface area (Å²) in [6.45, 7) is 3.39. The van der Waals surface area contributed by atoms with Gasteiger partial charge in [0.1, 0.15) is 0 Å². The number of amides is 1. The van der Waals surface area contributed by atoms with Crippen LogP contribution in [0.2, 0.25) is 0 Å². The molecule has 0 aromatic carbocycles. The molecule has 0 unspecified atom stereocenters. The van der Waals surface area contributed by atoms with Crippen LogP contribution in [0.5, 0.6) is 0 Å². The zero-order valence-corrected chi connectivity index (χ0v) is 14.9. The minimum absolute atomic E-state index is 0.277. The Labute approximate surface area is 152 Å². The summed E-state index contributed by atoms with van der Waals surface area (Å²) in [4.78, 5) is 50.3. The average Bonchev–Trinajstić information content (AvgIpc) is 3.01. The zero-order valence-electron chi connectivity index (χ0n) is 14.1. The largest absolute Gasteiger partial charge is 0.454 e. The highest BCUT2D eigenvalue weighted by Gasteiger charge is 2.43. The minimum atomic E-state index is -1.47. The van der Waals surface area contributed by atoms with Gasteiger partial charge in [-0.3, -0.25) is 24.5 Å². The van der Waals surface area contributed by atoms with E-state index in [4.69, 9.17) is 18.9 Å². The van der Waals surface area contributed by atoms with Crippen LogP contribution in [0.3, 0.4) is 0 Å². The van der Waals surface area contributed by atoms with Crippen molar-refractivity contribution in [3.8, 4) is 0 Å². The number of hydrogen-bond donors (Lipinski definition) is 1. The predicted octanol–water partition coefficient (Wildman–Crippen LogP) is 0.748. The Morgan fingerprint density at radius 2 is 1.73 bits per heavy atom. The molecule has 2 rings (SSSR count). The second-order valence-corrected chi connectivity index (χ2v) is 5.96. The summed E-state index contributed by atoms with van der Waals surface area (Å²) in [5.41, 5.74) is 0. The smallest absolute Gasteiger partial charge is 0.305 e. The molecule has 0 saturated carbocycles. The Hall–Kier alpha value is -2.95. The van der Waals surface area contributed by atoms with Gasteiger partial charge in [-0.05, 0) is 0 Å². The van der Waals surface area contributed by atoms with Crippen molar-refractivity contribution in [1.29, 1.82) is 0 Å². The van der Waals surface area contributed by atoms with E-state index < -0.39 is 42.3 Å². The third-order valence-corrected chi connectivity index (χ3v) is 3.60. The highest BCUT2D eigenvalue weighted by atomic mass is 32.1. The number of esters is 3. The number of nitrogens with one attached hydrogen (secondary N) is 1. The number of carbonyl (C=O) groups is 4. The second kappa shape index (κ2) is 8.43. The molecule has 1 aliphatic heterocycles. The number of anilines is 1. The van der Waals surface area contributed by atoms with E-state index in [2.05, 4.69) is 10.3 Å². The lowest BCUT2D eigenvalue weighted by atomic mass is 10.1. The van der Waals surface area contributed by atoms with Crippen molar-refractivity contribution in [1.82, 2.24) is 4.98 Å². The summed E-state index contributed by atoms with van der Waals surface area (Å²) in [5.74, 6) is -3.12. The minimum Gasteiger partial charge on any atom is -0.454 e. The lowest BCUT2D eigenvalue weighted by molar-refractivity contribution is -0.221. The number of rotatable bonds is 5. The topological polar surface area (TPSA) is 130 Å². The highest BCUT2D eigenvalue weighted by molar-refractivity contribution is 7.13. The van der Waals surface area contributed by atoms with Gasteiger partial charge in [-0.15, -0.1) is 11.3 Å². The molecule has 0 radical (unpaired) electrons. The van der Waals surface area contributed by atoms with Crippen LogP contribution in [0.4, 0.5) is 5.13 Å². The molecule has 0 aliphatic carbocycles. The predicted molar refractivity (Wildman–Crippen MR) is 86.6 cm³/mol. The Morgan fingerprint density at radius 1 is 1.08 bits per heavy atom. The molecule has 26 heavy (non-hydrogen) atoms. The molecule has 1 amide bonds. The van der Waals surface area contributed by atoms with Crippen molar-refractivity contribution in [3.63, 3.8) is 0 Å². The monoisotopic (exact) mass is 384 g/mol. The van der Waals surface area contributed by atoms with E-state index in [0.717, 1.165) is 26.8 Å². The number of carbonyl (C=O) groups excluding carboxylic acids is 4. The molecule has 0 bridgehead atoms. The van der Waals surface area contributed by atoms with Crippen LogP contribution < -0.4 is 5.32 Å². The number of ether oxygens (including phenoxy) is 4. The molecule has 0 saturated heterocycles. The third-order valence-electron chi connectivity index (χ3n) is 2.91. The number of hydrogen-bond acceptors (Lipinski definition) is 10. The molecular weight excluding hydrogens is 368 g/mol. The van der Waals surface area contributed by atoms with Gasteiger partial charge < -0.3 is 18.9 Å². The van der Waals surface area contributed by atoms with E-state index in [1.54, 1.807) is 5.38 Å². The first-order valence-electron chi connectivity index (χ1n) is 7.37. The van der Waals surface area contributed by atoms with Crippen molar-refractivity contribution in [2.75, 3.05) is 5.32 Å². The second-order valence-electron chi connectivity index (χ2n) is 5.07. The van der Waals surface area contributed by atoms with Crippen LogP contribution in [0.25, 0.3) is 0 Å². The summed E-state index contributed by atoms with van der Waals surface area (Å²) in [6, 6.07) is 0. The first-order chi connectivity index (χ1) is 12.3. The Kier molecular flexibility index (Phi) is 6.28. The first kappa shape index (κ1) is 19.4. The van der Waals surface area contributed by atoms with Gasteiger partial charge in [0.2, 0.25) is 6.10 Å². The van der Waals surface area contributed by atoms with E-state index in [-0.39, 0.29) is 5.76 Å². The van der Waals surface area contributed by atoms with E-state index in [9.17, 15) is 19.2 Å². The molecule has 10 nitrogen and oxygen atoms in total. The van der Waals surface area contributed by atoms with Crippen molar-refractivity contribution in [2.24, 2.45) is 0 Å². The molecule has 1 aromatic heterocycles. The maximum atomic E-state index is 12.3. The molecule has 1 N–H and O–H groups in total. The van der Waals surface area contributed by atoms with Crippen molar-refractivity contribution in [3.05, 3.63) is 23.4 Å². The van der Waals surface area contributed by atoms with Gasteiger partial charge in [-0.1, -0.05) is 0 Å². The third kappa shape index (κ3) is 5.28. The summed E-state index contributed by atoms with van der Waals surface area (Å²) < 4.78 is 20.4. The summed E-state index contributed by atoms with van der Waals surface area (Å²) in [6.07, 6.45) is -1.26. The molecule has 1 aromatic rings. The molecule has 3 atom stereocenters. The van der Waals surface area contributed by atoms with Gasteiger partial charge in [-0.25, -0.2) is 4.98 Å². The molecule has 0 fully saturated rings. The van der Waals surface area contributed by atoms with Crippen molar-refractivity contribution < 1.29 is 38.1 Å². The first-order valence-corrected chi connectivity index (χ1v) is 8.25. The fourth-order valence-corrected chi connectivity index (χ4v) is 2.59. The number of aromatic nitrogens is 1. The van der Waals surface area contributed by atoms with Crippen LogP contribution in [-0.4, -0.2) is 47.3 Å². The average molecular weight is 384 g/mol. The summed E-state index contributed by atoms with van der Waals surface area (Å²) in [5, 5.41) is 4.45. The van der Waals surface area contributed by atoms with Crippen molar-refractivity contribution in [2.45, 2.75) is 39.3 Å². The van der Waals surface area contributed by atoms with Crippen LogP contribution in [0, 0.1) is 0 Å². The SMILES string of the molecule is CC(=O)O[C@@H]1OC(C(=O)Nc2nccs2)=C[C@H](OC(C)=O)[C@H]1OC(C)=O. The Bertz CT molecular complexity index is 730. The van der Waals surface area contributed by atoms with E-state index in [0.29, 0.717) is 5.13 Å². The Balaban J connectivity index is 2.29. The molecular formula is C15H16N2O8S.